The lowest BCUT2D eigenvalue weighted by Crippen LogP contribution is -2.65. The fourth-order valence-corrected chi connectivity index (χ4v) is 4.63. The summed E-state index contributed by atoms with van der Waals surface area (Å²) in [6.07, 6.45) is 0.966. The Labute approximate surface area is 135 Å². The second-order valence-corrected chi connectivity index (χ2v) is 7.35. The smallest absolute Gasteiger partial charge is 0.337 e. The molecule has 1 aliphatic heterocycles. The highest BCUT2D eigenvalue weighted by atomic mass is 16.6. The molecule has 0 aromatic heterocycles. The molecule has 2 N–H and O–H groups in total. The third-order valence-corrected chi connectivity index (χ3v) is 6.26. The van der Waals surface area contributed by atoms with Crippen molar-refractivity contribution in [2.24, 2.45) is 11.3 Å². The molecule has 1 heterocycles. The molecule has 0 unspecified atom stereocenters. The van der Waals surface area contributed by atoms with Gasteiger partial charge in [0.25, 0.3) is 0 Å². The lowest BCUT2D eigenvalue weighted by Gasteiger charge is -2.58. The molecule has 2 aliphatic carbocycles. The molecule has 0 aromatic rings. The minimum absolute atomic E-state index is 0.198. The van der Waals surface area contributed by atoms with Crippen molar-refractivity contribution in [2.75, 3.05) is 6.61 Å². The van der Waals surface area contributed by atoms with Crippen LogP contribution in [0.15, 0.2) is 11.1 Å². The van der Waals surface area contributed by atoms with Gasteiger partial charge in [-0.15, -0.1) is 0 Å². The van der Waals surface area contributed by atoms with Crippen LogP contribution in [0.5, 0.6) is 0 Å². The van der Waals surface area contributed by atoms with Gasteiger partial charge in [0.1, 0.15) is 17.8 Å². The quantitative estimate of drug-likeness (QED) is 0.739. The van der Waals surface area contributed by atoms with Crippen LogP contribution in [-0.4, -0.2) is 46.6 Å². The number of hydrogen-bond donors (Lipinski definition) is 2. The van der Waals surface area contributed by atoms with Gasteiger partial charge in [-0.2, -0.15) is 0 Å². The molecule has 0 radical (unpaired) electrons. The highest BCUT2D eigenvalue weighted by Gasteiger charge is 2.64. The van der Waals surface area contributed by atoms with E-state index in [1.165, 1.54) is 6.92 Å². The van der Waals surface area contributed by atoms with Crippen LogP contribution in [0.4, 0.5) is 0 Å². The number of ether oxygens (including phenoxy) is 2. The van der Waals surface area contributed by atoms with E-state index in [0.717, 1.165) is 12.0 Å². The summed E-state index contributed by atoms with van der Waals surface area (Å²) in [5.41, 5.74) is -0.665. The molecule has 23 heavy (non-hydrogen) atoms. The zero-order valence-electron chi connectivity index (χ0n) is 13.8. The highest BCUT2D eigenvalue weighted by molar-refractivity contribution is 5.92. The number of aliphatic hydroxyl groups excluding tert-OH is 1. The molecule has 0 saturated heterocycles. The molecule has 6 heteroatoms. The molecule has 128 valence electrons. The lowest BCUT2D eigenvalue weighted by atomic mass is 9.51. The van der Waals surface area contributed by atoms with E-state index in [0.29, 0.717) is 18.4 Å². The Kier molecular flexibility index (Phi) is 3.80. The highest BCUT2D eigenvalue weighted by Crippen LogP contribution is 2.59. The Morgan fingerprint density at radius 2 is 2.13 bits per heavy atom. The number of hydrogen-bond acceptors (Lipinski definition) is 6. The third kappa shape index (κ3) is 2.22. The molecule has 3 aliphatic rings. The van der Waals surface area contributed by atoms with Crippen LogP contribution >= 0.6 is 0 Å². The van der Waals surface area contributed by atoms with E-state index in [4.69, 9.17) is 9.47 Å². The van der Waals surface area contributed by atoms with Crippen molar-refractivity contribution < 1.29 is 29.3 Å². The molecule has 2 saturated carbocycles. The summed E-state index contributed by atoms with van der Waals surface area (Å²) in [5.74, 6) is -0.723. The lowest BCUT2D eigenvalue weighted by molar-refractivity contribution is -0.232. The summed E-state index contributed by atoms with van der Waals surface area (Å²) in [6.45, 7) is 5.05. The molecule has 6 nitrogen and oxygen atoms in total. The molecule has 0 bridgehead atoms. The van der Waals surface area contributed by atoms with E-state index < -0.39 is 35.2 Å². The predicted molar refractivity (Wildman–Crippen MR) is 80.2 cm³/mol. The van der Waals surface area contributed by atoms with Gasteiger partial charge in [-0.25, -0.2) is 4.79 Å². The largest absolute Gasteiger partial charge is 0.459 e. The Hall–Kier alpha value is -1.40. The van der Waals surface area contributed by atoms with Gasteiger partial charge in [0.15, 0.2) is 0 Å². The molecular formula is C17H24O6. The summed E-state index contributed by atoms with van der Waals surface area (Å²) in [5, 5.41) is 20.9. The maximum Gasteiger partial charge on any atom is 0.337 e. The second-order valence-electron chi connectivity index (χ2n) is 7.35. The Bertz CT molecular complexity index is 582. The van der Waals surface area contributed by atoms with Gasteiger partial charge in [-0.3, -0.25) is 4.79 Å². The van der Waals surface area contributed by atoms with E-state index >= 15 is 0 Å². The first-order valence-electron chi connectivity index (χ1n) is 8.16. The maximum absolute atomic E-state index is 11.9. The van der Waals surface area contributed by atoms with Gasteiger partial charge in [0, 0.05) is 18.8 Å². The SMILES string of the molecule is CC(=O)O[C@@H]1CC[C@H](C)[C@@]2(C)CC3=C(CO)C(=O)O[C@@H]3C[C@]12O. The second kappa shape index (κ2) is 5.31. The number of carbonyl (C=O) groups excluding carboxylic acids is 2. The van der Waals surface area contributed by atoms with E-state index in [1.54, 1.807) is 0 Å². The van der Waals surface area contributed by atoms with Crippen LogP contribution in [0.3, 0.4) is 0 Å². The minimum atomic E-state index is -1.24. The molecule has 3 rings (SSSR count). The Balaban J connectivity index is 2.02. The zero-order chi connectivity index (χ0) is 17.0. The van der Waals surface area contributed by atoms with Gasteiger partial charge in [-0.1, -0.05) is 13.8 Å². The van der Waals surface area contributed by atoms with E-state index in [9.17, 15) is 19.8 Å². The van der Waals surface area contributed by atoms with Gasteiger partial charge in [0.2, 0.25) is 0 Å². The molecule has 5 atom stereocenters. The number of aliphatic hydroxyl groups is 2. The van der Waals surface area contributed by atoms with Crippen molar-refractivity contribution in [3.63, 3.8) is 0 Å². The van der Waals surface area contributed by atoms with Crippen LogP contribution in [0, 0.1) is 11.3 Å². The molecule has 2 fully saturated rings. The van der Waals surface area contributed by atoms with Gasteiger partial charge >= 0.3 is 11.9 Å². The van der Waals surface area contributed by atoms with Crippen molar-refractivity contribution in [2.45, 2.75) is 64.3 Å². The summed E-state index contributed by atoms with van der Waals surface area (Å²) in [6, 6.07) is 0. The van der Waals surface area contributed by atoms with Crippen LogP contribution < -0.4 is 0 Å². The van der Waals surface area contributed by atoms with Crippen molar-refractivity contribution in [3.05, 3.63) is 11.1 Å². The van der Waals surface area contributed by atoms with Crippen LogP contribution in [-0.2, 0) is 19.1 Å². The van der Waals surface area contributed by atoms with Crippen molar-refractivity contribution in [3.8, 4) is 0 Å². The minimum Gasteiger partial charge on any atom is -0.459 e. The first-order valence-corrected chi connectivity index (χ1v) is 8.16. The third-order valence-electron chi connectivity index (χ3n) is 6.26. The van der Waals surface area contributed by atoms with Crippen molar-refractivity contribution in [1.29, 1.82) is 0 Å². The fraction of sp³-hybridized carbons (Fsp3) is 0.765. The predicted octanol–water partition coefficient (Wildman–Crippen LogP) is 1.09. The topological polar surface area (TPSA) is 93.1 Å². The Morgan fingerprint density at radius 3 is 2.74 bits per heavy atom. The van der Waals surface area contributed by atoms with Crippen LogP contribution in [0.25, 0.3) is 0 Å². The summed E-state index contributed by atoms with van der Waals surface area (Å²) in [7, 11) is 0. The first kappa shape index (κ1) is 16.5. The summed E-state index contributed by atoms with van der Waals surface area (Å²) in [4.78, 5) is 23.4. The fourth-order valence-electron chi connectivity index (χ4n) is 4.63. The molecule has 0 amide bonds. The van der Waals surface area contributed by atoms with Crippen LogP contribution in [0.2, 0.25) is 0 Å². The average molecular weight is 324 g/mol. The van der Waals surface area contributed by atoms with Gasteiger partial charge < -0.3 is 19.7 Å². The van der Waals surface area contributed by atoms with E-state index in [2.05, 4.69) is 6.92 Å². The number of esters is 2. The van der Waals surface area contributed by atoms with Gasteiger partial charge in [0.05, 0.1) is 12.2 Å². The van der Waals surface area contributed by atoms with Crippen molar-refractivity contribution in [1.82, 2.24) is 0 Å². The maximum atomic E-state index is 11.9. The monoisotopic (exact) mass is 324 g/mol. The number of rotatable bonds is 2. The normalized spacial score (nSPS) is 42.8. The summed E-state index contributed by atoms with van der Waals surface area (Å²) < 4.78 is 10.8. The average Bonchev–Trinajstić information content (AvgIpc) is 2.75. The first-order chi connectivity index (χ1) is 10.7. The number of fused-ring (bicyclic) bond motifs is 2. The van der Waals surface area contributed by atoms with Crippen LogP contribution in [0.1, 0.15) is 46.5 Å². The Morgan fingerprint density at radius 1 is 1.43 bits per heavy atom. The van der Waals surface area contributed by atoms with Gasteiger partial charge in [-0.05, 0) is 30.8 Å². The molecular weight excluding hydrogens is 300 g/mol. The van der Waals surface area contributed by atoms with E-state index in [1.807, 2.05) is 6.92 Å². The molecule has 0 spiro atoms. The summed E-state index contributed by atoms with van der Waals surface area (Å²) >= 11 is 0. The van der Waals surface area contributed by atoms with E-state index in [-0.39, 0.29) is 18.9 Å². The standard InChI is InChI=1S/C17H24O6/c1-9-4-5-14(22-10(2)19)17(21)7-13-11(6-16(9,17)3)12(8-18)15(20)23-13/h9,13-14,18,21H,4-8H2,1-3H3/t9-,13+,14+,16+,17-/m0/s1. The molecule has 0 aromatic carbocycles. The van der Waals surface area contributed by atoms with Crippen molar-refractivity contribution >= 4 is 11.9 Å². The zero-order valence-corrected chi connectivity index (χ0v) is 13.8. The number of carbonyl (C=O) groups is 2.